The average Bonchev–Trinajstić information content (AvgIpc) is 2.98. The number of ether oxygens (including phenoxy) is 1. The summed E-state index contributed by atoms with van der Waals surface area (Å²) in [5, 5.41) is 1.67. The van der Waals surface area contributed by atoms with E-state index in [0.717, 1.165) is 32.4 Å². The van der Waals surface area contributed by atoms with E-state index in [4.69, 9.17) is 16.3 Å². The molecule has 0 fully saturated rings. The van der Waals surface area contributed by atoms with Crippen LogP contribution >= 0.6 is 22.9 Å². The smallest absolute Gasteiger partial charge is 0.268 e. The van der Waals surface area contributed by atoms with Crippen LogP contribution in [0.15, 0.2) is 42.5 Å². The minimum absolute atomic E-state index is 0.0780. The minimum atomic E-state index is -0.533. The maximum Gasteiger partial charge on any atom is 0.268 e. The van der Waals surface area contributed by atoms with Crippen LogP contribution in [-0.2, 0) is 11.3 Å². The highest BCUT2D eigenvalue weighted by Gasteiger charge is 2.32. The summed E-state index contributed by atoms with van der Waals surface area (Å²) in [4.78, 5) is 20.4. The van der Waals surface area contributed by atoms with Gasteiger partial charge in [-0.1, -0.05) is 29.8 Å². The van der Waals surface area contributed by atoms with E-state index >= 15 is 0 Å². The molecule has 4 nitrogen and oxygen atoms in total. The van der Waals surface area contributed by atoms with Gasteiger partial charge >= 0.3 is 0 Å². The Morgan fingerprint density at radius 3 is 2.70 bits per heavy atom. The molecule has 2 aromatic carbocycles. The van der Waals surface area contributed by atoms with Crippen LogP contribution in [-0.4, -0.2) is 17.0 Å². The van der Waals surface area contributed by atoms with E-state index in [0.29, 0.717) is 17.3 Å². The highest BCUT2D eigenvalue weighted by atomic mass is 35.5. The predicted octanol–water partition coefficient (Wildman–Crippen LogP) is 5.39. The second kappa shape index (κ2) is 6.98. The summed E-state index contributed by atoms with van der Waals surface area (Å²) in [6, 6.07) is 13.5. The van der Waals surface area contributed by atoms with Crippen molar-refractivity contribution < 1.29 is 9.53 Å². The molecule has 1 aliphatic rings. The first kappa shape index (κ1) is 18.0. The Kier molecular flexibility index (Phi) is 4.66. The summed E-state index contributed by atoms with van der Waals surface area (Å²) in [5.74, 6) is 0.619. The zero-order chi connectivity index (χ0) is 19.1. The molecule has 0 bridgehead atoms. The minimum Gasteiger partial charge on any atom is -0.479 e. The molecular weight excluding hydrogens is 380 g/mol. The van der Waals surface area contributed by atoms with Crippen molar-refractivity contribution >= 4 is 34.5 Å². The molecule has 0 N–H and O–H groups in total. The largest absolute Gasteiger partial charge is 0.479 e. The van der Waals surface area contributed by atoms with E-state index in [1.807, 2.05) is 49.4 Å². The topological polar surface area (TPSA) is 42.4 Å². The highest BCUT2D eigenvalue weighted by Crippen LogP contribution is 2.39. The molecule has 1 atom stereocenters. The Labute approximate surface area is 167 Å². The number of carbonyl (C=O) groups is 1. The molecule has 27 heavy (non-hydrogen) atoms. The number of amides is 1. The Balaban J connectivity index is 1.79. The molecule has 0 saturated carbocycles. The van der Waals surface area contributed by atoms with Crippen LogP contribution in [0.4, 0.5) is 5.69 Å². The van der Waals surface area contributed by atoms with E-state index in [1.165, 1.54) is 0 Å². The Morgan fingerprint density at radius 2 is 2.00 bits per heavy atom. The van der Waals surface area contributed by atoms with Gasteiger partial charge in [-0.05, 0) is 50.6 Å². The number of aryl methyl sites for hydroxylation is 2. The number of anilines is 1. The lowest BCUT2D eigenvalue weighted by atomic mass is 10.1. The Bertz CT molecular complexity index is 1030. The fraction of sp³-hybridized carbons (Fsp3) is 0.238. The van der Waals surface area contributed by atoms with Crippen LogP contribution in [0.1, 0.15) is 22.4 Å². The molecule has 0 saturated heterocycles. The normalized spacial score (nSPS) is 16.2. The van der Waals surface area contributed by atoms with Gasteiger partial charge in [-0.2, -0.15) is 0 Å². The van der Waals surface area contributed by atoms with Crippen molar-refractivity contribution in [3.8, 4) is 17.0 Å². The summed E-state index contributed by atoms with van der Waals surface area (Å²) >= 11 is 7.99. The second-order valence-electron chi connectivity index (χ2n) is 6.60. The van der Waals surface area contributed by atoms with Gasteiger partial charge in [-0.3, -0.25) is 4.79 Å². The quantitative estimate of drug-likeness (QED) is 0.593. The number of hydrogen-bond acceptors (Lipinski definition) is 4. The first-order valence-corrected chi connectivity index (χ1v) is 9.93. The van der Waals surface area contributed by atoms with E-state index in [-0.39, 0.29) is 5.91 Å². The van der Waals surface area contributed by atoms with Crippen molar-refractivity contribution in [3.63, 3.8) is 0 Å². The molecule has 0 radical (unpaired) electrons. The fourth-order valence-corrected chi connectivity index (χ4v) is 4.35. The van der Waals surface area contributed by atoms with Crippen molar-refractivity contribution in [3.05, 3.63) is 62.9 Å². The Hall–Kier alpha value is -2.37. The average molecular weight is 399 g/mol. The van der Waals surface area contributed by atoms with Gasteiger partial charge in [0.15, 0.2) is 6.10 Å². The molecule has 4 rings (SSSR count). The lowest BCUT2D eigenvalue weighted by molar-refractivity contribution is -0.125. The third-order valence-corrected chi connectivity index (χ3v) is 5.89. The maximum atomic E-state index is 12.9. The van der Waals surface area contributed by atoms with Crippen LogP contribution in [0.2, 0.25) is 5.02 Å². The number of thiazole rings is 1. The van der Waals surface area contributed by atoms with Crippen LogP contribution in [0.25, 0.3) is 11.3 Å². The number of aromatic nitrogens is 1. The number of nitrogens with zero attached hydrogens (tertiary/aromatic N) is 2. The molecule has 1 amide bonds. The van der Waals surface area contributed by atoms with Crippen molar-refractivity contribution in [2.75, 3.05) is 4.90 Å². The standard InChI is InChI=1S/C21H19ClN2O2S/c1-12-21(25)24(11-16-6-4-5-7-17(16)22)18-10-15(8-9-19(18)26-12)20-13(2)27-14(3)23-20/h4-10,12H,11H2,1-3H3. The fourth-order valence-electron chi connectivity index (χ4n) is 3.31. The molecule has 1 aliphatic heterocycles. The molecule has 138 valence electrons. The SMILES string of the molecule is Cc1nc(-c2ccc3c(c2)N(Cc2ccccc2Cl)C(=O)C(C)O3)c(C)s1. The molecular formula is C21H19ClN2O2S. The number of fused-ring (bicyclic) bond motifs is 1. The van der Waals surface area contributed by atoms with Crippen molar-refractivity contribution in [1.29, 1.82) is 0 Å². The van der Waals surface area contributed by atoms with E-state index in [2.05, 4.69) is 11.9 Å². The van der Waals surface area contributed by atoms with Crippen molar-refractivity contribution in [1.82, 2.24) is 4.98 Å². The highest BCUT2D eigenvalue weighted by molar-refractivity contribution is 7.11. The van der Waals surface area contributed by atoms with Crippen molar-refractivity contribution in [2.24, 2.45) is 0 Å². The predicted molar refractivity (Wildman–Crippen MR) is 110 cm³/mol. The summed E-state index contributed by atoms with van der Waals surface area (Å²) in [5.41, 5.74) is 3.58. The van der Waals surface area contributed by atoms with Crippen LogP contribution < -0.4 is 9.64 Å². The number of hydrogen-bond donors (Lipinski definition) is 0. The van der Waals surface area contributed by atoms with Gasteiger partial charge < -0.3 is 9.64 Å². The van der Waals surface area contributed by atoms with Gasteiger partial charge in [0.05, 0.1) is 22.9 Å². The van der Waals surface area contributed by atoms with Crippen LogP contribution in [0.5, 0.6) is 5.75 Å². The molecule has 1 aromatic heterocycles. The van der Waals surface area contributed by atoms with E-state index in [1.54, 1.807) is 23.2 Å². The third kappa shape index (κ3) is 3.33. The summed E-state index contributed by atoms with van der Waals surface area (Å²) < 4.78 is 5.83. The molecule has 2 heterocycles. The molecule has 3 aromatic rings. The van der Waals surface area contributed by atoms with E-state index < -0.39 is 6.10 Å². The first-order chi connectivity index (χ1) is 12.9. The van der Waals surface area contributed by atoms with Gasteiger partial charge in [0, 0.05) is 15.5 Å². The van der Waals surface area contributed by atoms with Gasteiger partial charge in [-0.15, -0.1) is 11.3 Å². The van der Waals surface area contributed by atoms with Gasteiger partial charge in [0.2, 0.25) is 0 Å². The zero-order valence-electron chi connectivity index (χ0n) is 15.3. The number of rotatable bonds is 3. The van der Waals surface area contributed by atoms with Gasteiger partial charge in [0.1, 0.15) is 5.75 Å². The number of halogens is 1. The zero-order valence-corrected chi connectivity index (χ0v) is 16.9. The lowest BCUT2D eigenvalue weighted by Crippen LogP contribution is -2.44. The second-order valence-corrected chi connectivity index (χ2v) is 8.41. The molecule has 6 heteroatoms. The summed E-state index contributed by atoms with van der Waals surface area (Å²) in [7, 11) is 0. The molecule has 1 unspecified atom stereocenters. The van der Waals surface area contributed by atoms with Gasteiger partial charge in [0.25, 0.3) is 5.91 Å². The first-order valence-electron chi connectivity index (χ1n) is 8.74. The summed E-state index contributed by atoms with van der Waals surface area (Å²) in [6.07, 6.45) is -0.533. The number of carbonyl (C=O) groups excluding carboxylic acids is 1. The van der Waals surface area contributed by atoms with Crippen LogP contribution in [0.3, 0.4) is 0 Å². The number of benzene rings is 2. The summed E-state index contributed by atoms with van der Waals surface area (Å²) in [6.45, 7) is 6.23. The monoisotopic (exact) mass is 398 g/mol. The Morgan fingerprint density at radius 1 is 1.22 bits per heavy atom. The molecule has 0 aliphatic carbocycles. The van der Waals surface area contributed by atoms with Crippen molar-refractivity contribution in [2.45, 2.75) is 33.4 Å². The molecule has 0 spiro atoms. The lowest BCUT2D eigenvalue weighted by Gasteiger charge is -2.33. The maximum absolute atomic E-state index is 12.9. The van der Waals surface area contributed by atoms with Gasteiger partial charge in [-0.25, -0.2) is 4.98 Å². The third-order valence-electron chi connectivity index (χ3n) is 4.63. The van der Waals surface area contributed by atoms with E-state index in [9.17, 15) is 4.79 Å². The van der Waals surface area contributed by atoms with Crippen LogP contribution in [0, 0.1) is 13.8 Å².